The molecule has 0 bridgehead atoms. The second-order valence-electron chi connectivity index (χ2n) is 4.54. The van der Waals surface area contributed by atoms with Crippen LogP contribution in [0.2, 0.25) is 0 Å². The molecule has 0 saturated carbocycles. The fraction of sp³-hybridized carbons (Fsp3) is 0.500. The fourth-order valence-corrected chi connectivity index (χ4v) is 2.40. The number of hydrogen-bond acceptors (Lipinski definition) is 3. The van der Waals surface area contributed by atoms with Gasteiger partial charge in [0.05, 0.1) is 11.3 Å². The van der Waals surface area contributed by atoms with E-state index in [2.05, 4.69) is 4.98 Å². The minimum absolute atomic E-state index is 0.219. The highest BCUT2D eigenvalue weighted by atomic mass is 19.4. The summed E-state index contributed by atoms with van der Waals surface area (Å²) in [4.78, 5) is 14.8. The van der Waals surface area contributed by atoms with Crippen LogP contribution in [0.25, 0.3) is 0 Å². The maximum atomic E-state index is 12.8. The Labute approximate surface area is 107 Å². The maximum Gasteiger partial charge on any atom is 0.435 e. The van der Waals surface area contributed by atoms with Crippen molar-refractivity contribution in [1.82, 2.24) is 4.98 Å². The van der Waals surface area contributed by atoms with Crippen LogP contribution in [0.4, 0.5) is 18.9 Å². The summed E-state index contributed by atoms with van der Waals surface area (Å²) in [5.41, 5.74) is 3.46. The number of anilines is 1. The molecular weight excluding hydrogens is 261 g/mol. The van der Waals surface area contributed by atoms with Gasteiger partial charge in [0.1, 0.15) is 0 Å². The van der Waals surface area contributed by atoms with E-state index in [9.17, 15) is 18.0 Å². The van der Waals surface area contributed by atoms with E-state index in [0.29, 0.717) is 24.8 Å². The topological polar surface area (TPSA) is 76.2 Å². The lowest BCUT2D eigenvalue weighted by molar-refractivity contribution is -0.140. The molecule has 4 nitrogen and oxygen atoms in total. The Morgan fingerprint density at radius 1 is 1.21 bits per heavy atom. The normalized spacial score (nSPS) is 15.7. The Hall–Kier alpha value is -1.79. The molecule has 0 fully saturated rings. The van der Waals surface area contributed by atoms with Crippen molar-refractivity contribution in [1.29, 1.82) is 0 Å². The molecule has 1 aromatic rings. The molecule has 3 N–H and O–H groups in total. The molecular formula is C12H13F3N2O2. The number of aromatic carboxylic acids is 1. The minimum atomic E-state index is -4.74. The first kappa shape index (κ1) is 13.6. The van der Waals surface area contributed by atoms with Crippen LogP contribution in [0.5, 0.6) is 0 Å². The first-order valence-electron chi connectivity index (χ1n) is 5.94. The first-order valence-corrected chi connectivity index (χ1v) is 5.94. The van der Waals surface area contributed by atoms with Crippen molar-refractivity contribution >= 4 is 11.7 Å². The van der Waals surface area contributed by atoms with Gasteiger partial charge in [-0.2, -0.15) is 13.2 Å². The van der Waals surface area contributed by atoms with Gasteiger partial charge >= 0.3 is 12.1 Å². The third-order valence-corrected chi connectivity index (χ3v) is 3.24. The molecule has 0 spiro atoms. The number of pyridine rings is 1. The van der Waals surface area contributed by atoms with Crippen LogP contribution in [0.15, 0.2) is 0 Å². The van der Waals surface area contributed by atoms with Crippen LogP contribution in [-0.4, -0.2) is 16.1 Å². The van der Waals surface area contributed by atoms with Gasteiger partial charge in [-0.05, 0) is 31.2 Å². The van der Waals surface area contributed by atoms with Gasteiger partial charge in [0.2, 0.25) is 0 Å². The predicted molar refractivity (Wildman–Crippen MR) is 61.9 cm³/mol. The number of nitrogens with zero attached hydrogens (tertiary/aromatic N) is 1. The molecule has 0 amide bonds. The SMILES string of the molecule is Nc1c(C(F)(F)F)nc2c(c1C(=O)O)CCCCC2. The molecule has 0 aromatic carbocycles. The van der Waals surface area contributed by atoms with Gasteiger partial charge in [0.15, 0.2) is 5.69 Å². The average molecular weight is 274 g/mol. The number of rotatable bonds is 1. The highest BCUT2D eigenvalue weighted by Gasteiger charge is 2.38. The number of carboxylic acids is 1. The molecule has 0 aliphatic heterocycles. The summed E-state index contributed by atoms with van der Waals surface area (Å²) in [6, 6.07) is 0. The van der Waals surface area contributed by atoms with Gasteiger partial charge in [-0.25, -0.2) is 9.78 Å². The summed E-state index contributed by atoms with van der Waals surface area (Å²) in [6.45, 7) is 0. The zero-order valence-electron chi connectivity index (χ0n) is 10.0. The van der Waals surface area contributed by atoms with E-state index in [-0.39, 0.29) is 5.69 Å². The number of carbonyl (C=O) groups is 1. The summed E-state index contributed by atoms with van der Waals surface area (Å²) >= 11 is 0. The van der Waals surface area contributed by atoms with Crippen molar-refractivity contribution < 1.29 is 23.1 Å². The largest absolute Gasteiger partial charge is 0.478 e. The van der Waals surface area contributed by atoms with Gasteiger partial charge in [-0.3, -0.25) is 0 Å². The summed E-state index contributed by atoms with van der Waals surface area (Å²) in [5, 5.41) is 9.13. The average Bonchev–Trinajstić information content (AvgIpc) is 2.50. The molecule has 0 radical (unpaired) electrons. The number of carboxylic acid groups (broad SMARTS) is 1. The van der Waals surface area contributed by atoms with Crippen LogP contribution in [0.3, 0.4) is 0 Å². The Kier molecular flexibility index (Phi) is 3.38. The Bertz CT molecular complexity index is 527. The molecule has 1 aliphatic rings. The standard InChI is InChI=1S/C12H13F3N2O2/c13-12(14,15)10-9(16)8(11(18)19)6-4-2-1-3-5-7(6)17-10/h1-5,16H2,(H,18,19). The number of alkyl halides is 3. The lowest BCUT2D eigenvalue weighted by Gasteiger charge is -2.16. The van der Waals surface area contributed by atoms with E-state index in [1.54, 1.807) is 0 Å². The molecule has 19 heavy (non-hydrogen) atoms. The van der Waals surface area contributed by atoms with Gasteiger partial charge in [-0.1, -0.05) is 6.42 Å². The zero-order valence-corrected chi connectivity index (χ0v) is 10.0. The van der Waals surface area contributed by atoms with E-state index in [4.69, 9.17) is 10.8 Å². The third kappa shape index (κ3) is 2.50. The number of aryl methyl sites for hydroxylation is 1. The van der Waals surface area contributed by atoms with Gasteiger partial charge in [0.25, 0.3) is 0 Å². The number of halogens is 3. The lowest BCUT2D eigenvalue weighted by Crippen LogP contribution is -2.19. The molecule has 0 unspecified atom stereocenters. The second kappa shape index (κ2) is 4.71. The zero-order chi connectivity index (χ0) is 14.2. The van der Waals surface area contributed by atoms with Crippen LogP contribution >= 0.6 is 0 Å². The Balaban J connectivity index is 2.72. The molecule has 7 heteroatoms. The van der Waals surface area contributed by atoms with Crippen LogP contribution in [-0.2, 0) is 19.0 Å². The molecule has 1 aromatic heterocycles. The molecule has 1 heterocycles. The van der Waals surface area contributed by atoms with E-state index < -0.39 is 29.1 Å². The minimum Gasteiger partial charge on any atom is -0.478 e. The van der Waals surface area contributed by atoms with E-state index in [0.717, 1.165) is 12.8 Å². The summed E-state index contributed by atoms with van der Waals surface area (Å²) < 4.78 is 38.5. The van der Waals surface area contributed by atoms with Crippen molar-refractivity contribution in [2.75, 3.05) is 5.73 Å². The smallest absolute Gasteiger partial charge is 0.435 e. The third-order valence-electron chi connectivity index (χ3n) is 3.24. The second-order valence-corrected chi connectivity index (χ2v) is 4.54. The van der Waals surface area contributed by atoms with Crippen molar-refractivity contribution in [2.24, 2.45) is 0 Å². The van der Waals surface area contributed by atoms with Crippen molar-refractivity contribution in [2.45, 2.75) is 38.3 Å². The lowest BCUT2D eigenvalue weighted by atomic mass is 9.98. The number of aromatic nitrogens is 1. The van der Waals surface area contributed by atoms with E-state index >= 15 is 0 Å². The predicted octanol–water partition coefficient (Wildman–Crippen LogP) is 2.65. The van der Waals surface area contributed by atoms with Crippen molar-refractivity contribution in [3.63, 3.8) is 0 Å². The van der Waals surface area contributed by atoms with Gasteiger partial charge < -0.3 is 10.8 Å². The summed E-state index contributed by atoms with van der Waals surface area (Å²) in [7, 11) is 0. The highest BCUT2D eigenvalue weighted by molar-refractivity contribution is 5.96. The molecule has 104 valence electrons. The van der Waals surface area contributed by atoms with Crippen molar-refractivity contribution in [3.8, 4) is 0 Å². The Morgan fingerprint density at radius 3 is 2.42 bits per heavy atom. The summed E-state index contributed by atoms with van der Waals surface area (Å²) in [5.74, 6) is -1.43. The molecule has 0 atom stereocenters. The highest BCUT2D eigenvalue weighted by Crippen LogP contribution is 2.37. The molecule has 1 aliphatic carbocycles. The van der Waals surface area contributed by atoms with E-state index in [1.807, 2.05) is 0 Å². The number of nitrogen functional groups attached to an aromatic ring is 1. The quantitative estimate of drug-likeness (QED) is 0.772. The Morgan fingerprint density at radius 2 is 1.84 bits per heavy atom. The summed E-state index contributed by atoms with van der Waals surface area (Å²) in [6.07, 6.45) is -1.68. The van der Waals surface area contributed by atoms with Crippen molar-refractivity contribution in [3.05, 3.63) is 22.5 Å². The first-order chi connectivity index (χ1) is 8.82. The number of fused-ring (bicyclic) bond motifs is 1. The molecule has 0 saturated heterocycles. The van der Waals surface area contributed by atoms with Crippen LogP contribution < -0.4 is 5.73 Å². The fourth-order valence-electron chi connectivity index (χ4n) is 2.40. The number of nitrogens with two attached hydrogens (primary N) is 1. The maximum absolute atomic E-state index is 12.8. The monoisotopic (exact) mass is 274 g/mol. The van der Waals surface area contributed by atoms with Crippen LogP contribution in [0.1, 0.15) is 46.6 Å². The van der Waals surface area contributed by atoms with E-state index in [1.165, 1.54) is 0 Å². The van der Waals surface area contributed by atoms with Gasteiger partial charge in [0, 0.05) is 5.69 Å². The van der Waals surface area contributed by atoms with Gasteiger partial charge in [-0.15, -0.1) is 0 Å². The number of hydrogen-bond donors (Lipinski definition) is 2. The molecule has 2 rings (SSSR count). The van der Waals surface area contributed by atoms with Crippen LogP contribution in [0, 0.1) is 0 Å².